The van der Waals surface area contributed by atoms with Crippen molar-refractivity contribution >= 4 is 78.4 Å². The first-order chi connectivity index (χ1) is 24.0. The number of hydrogen-bond donors (Lipinski definition) is 9. The smallest absolute Gasteiger partial charge is 0.325 e. The lowest BCUT2D eigenvalue weighted by Crippen LogP contribution is -2.33. The molecular weight excluding hydrogens is 785 g/mol. The molecule has 0 radical (unpaired) electrons. The van der Waals surface area contributed by atoms with Crippen molar-refractivity contribution in [2.24, 2.45) is 0 Å². The predicted octanol–water partition coefficient (Wildman–Crippen LogP) is -2.25. The monoisotopic (exact) mass is 816 g/mol. The first-order valence-electron chi connectivity index (χ1n) is 14.4. The van der Waals surface area contributed by atoms with Gasteiger partial charge in [0.2, 0.25) is 0 Å². The Bertz CT molecular complexity index is 1910. The van der Waals surface area contributed by atoms with E-state index in [2.05, 4.69) is 29.9 Å². The van der Waals surface area contributed by atoms with Gasteiger partial charge in [0.15, 0.2) is 35.4 Å². The van der Waals surface area contributed by atoms with Crippen LogP contribution in [-0.4, -0.2) is 137 Å². The summed E-state index contributed by atoms with van der Waals surface area (Å²) in [6, 6.07) is 0. The molecule has 51 heavy (non-hydrogen) atoms. The number of hydrogen-bond acceptors (Lipinski definition) is 21. The molecule has 0 spiro atoms. The normalized spacial score (nSPS) is 30.4. The summed E-state index contributed by atoms with van der Waals surface area (Å²) in [5.41, 5.74) is 12.5. The Labute approximate surface area is 295 Å². The van der Waals surface area contributed by atoms with Crippen LogP contribution in [0.15, 0.2) is 25.3 Å². The zero-order chi connectivity index (χ0) is 36.9. The summed E-state index contributed by atoms with van der Waals surface area (Å²) < 4.78 is 47.0. The number of nitrogens with two attached hydrogens (primary N) is 2. The molecule has 6 rings (SSSR count). The Morgan fingerprint density at radius 1 is 0.667 bits per heavy atom. The first kappa shape index (κ1) is 38.4. The number of aromatic nitrogens is 8. The molecule has 11 N–H and O–H groups in total. The highest BCUT2D eigenvalue weighted by Gasteiger charge is 2.46. The highest BCUT2D eigenvalue weighted by atomic mass is 32.5. The fourth-order valence-corrected chi connectivity index (χ4v) is 9.80. The molecule has 2 aliphatic rings. The van der Waals surface area contributed by atoms with Crippen molar-refractivity contribution in [1.29, 1.82) is 0 Å². The number of imidazole rings is 2. The van der Waals surface area contributed by atoms with Crippen LogP contribution in [0.1, 0.15) is 12.5 Å². The zero-order valence-electron chi connectivity index (χ0n) is 25.6. The van der Waals surface area contributed by atoms with Gasteiger partial charge in [-0.05, 0) is 23.6 Å². The summed E-state index contributed by atoms with van der Waals surface area (Å²) in [7, 11) is -4.48. The standard InChI is InChI=1S/C22H31N10O14P3S2/c23-17-11-19(27-3-25-17)31(5-29-11)21-15(35)13(33)9(45-21)1-41-48(39,50)43-7-47(37,38)8-44-49(40,51)42-2-10-14(34)16(36)22(46-10)32-6-30-12-18(24)26-4-28-20(12)32/h3-6,9-10,13-16,21-22,33-36H,1-2,7-8H2,(H,37,38)(H,39,50)(H,40,51)(H2,23,25,27)(H2,24,26,28)/t9-,10-,13-,14-,15-,16-,21-,22-,48?,49?/m1/s1. The van der Waals surface area contributed by atoms with E-state index >= 15 is 0 Å². The molecule has 2 saturated heterocycles. The highest BCUT2D eigenvalue weighted by Crippen LogP contribution is 2.55. The predicted molar refractivity (Wildman–Crippen MR) is 178 cm³/mol. The Morgan fingerprint density at radius 3 is 1.45 bits per heavy atom. The molecule has 2 fully saturated rings. The summed E-state index contributed by atoms with van der Waals surface area (Å²) in [6.07, 6.45) is -8.22. The third-order valence-electron chi connectivity index (χ3n) is 7.65. The maximum atomic E-state index is 12.7. The van der Waals surface area contributed by atoms with Crippen LogP contribution in [-0.2, 0) is 55.7 Å². The molecule has 0 bridgehead atoms. The molecule has 0 amide bonds. The van der Waals surface area contributed by atoms with Gasteiger partial charge in [0.25, 0.3) is 7.37 Å². The number of rotatable bonds is 14. The van der Waals surface area contributed by atoms with Crippen molar-refractivity contribution in [3.05, 3.63) is 25.3 Å². The lowest BCUT2D eigenvalue weighted by atomic mass is 10.1. The molecule has 29 heteroatoms. The van der Waals surface area contributed by atoms with E-state index in [1.807, 2.05) is 0 Å². The fraction of sp³-hybridized carbons (Fsp3) is 0.545. The minimum atomic E-state index is -4.48. The molecule has 6 heterocycles. The summed E-state index contributed by atoms with van der Waals surface area (Å²) in [4.78, 5) is 55.2. The van der Waals surface area contributed by atoms with Gasteiger partial charge in [0, 0.05) is 0 Å². The van der Waals surface area contributed by atoms with Gasteiger partial charge < -0.3 is 65.1 Å². The van der Waals surface area contributed by atoms with Crippen LogP contribution >= 0.6 is 20.8 Å². The molecular formula is C22H31N10O14P3S2. The summed E-state index contributed by atoms with van der Waals surface area (Å²) in [5, 5.41) is 42.2. The molecule has 10 atom stereocenters. The van der Waals surface area contributed by atoms with Crippen LogP contribution in [0.3, 0.4) is 0 Å². The van der Waals surface area contributed by atoms with Crippen molar-refractivity contribution in [3.8, 4) is 0 Å². The van der Waals surface area contributed by atoms with Crippen molar-refractivity contribution in [1.82, 2.24) is 39.0 Å². The van der Waals surface area contributed by atoms with Gasteiger partial charge in [-0.1, -0.05) is 0 Å². The van der Waals surface area contributed by atoms with Crippen LogP contribution in [0.4, 0.5) is 11.6 Å². The Kier molecular flexibility index (Phi) is 11.2. The van der Waals surface area contributed by atoms with Crippen molar-refractivity contribution in [3.63, 3.8) is 0 Å². The first-order valence-corrected chi connectivity index (χ1v) is 21.6. The summed E-state index contributed by atoms with van der Waals surface area (Å²) >= 11 is 9.78. The van der Waals surface area contributed by atoms with Gasteiger partial charge in [-0.3, -0.25) is 22.7 Å². The highest BCUT2D eigenvalue weighted by molar-refractivity contribution is 8.07. The fourth-order valence-electron chi connectivity index (χ4n) is 5.08. The average molecular weight is 817 g/mol. The van der Waals surface area contributed by atoms with Crippen LogP contribution in [0.5, 0.6) is 0 Å². The van der Waals surface area contributed by atoms with E-state index in [1.165, 1.54) is 34.4 Å². The molecule has 2 aliphatic heterocycles. The van der Waals surface area contributed by atoms with Crippen molar-refractivity contribution in [2.45, 2.75) is 49.1 Å². The number of ether oxygens (including phenoxy) is 2. The molecule has 280 valence electrons. The Morgan fingerprint density at radius 2 is 1.06 bits per heavy atom. The van der Waals surface area contributed by atoms with Gasteiger partial charge in [-0.2, -0.15) is 0 Å². The zero-order valence-corrected chi connectivity index (χ0v) is 30.0. The number of anilines is 2. The number of fused-ring (bicyclic) bond motifs is 2. The van der Waals surface area contributed by atoms with Crippen LogP contribution in [0.2, 0.25) is 0 Å². The maximum absolute atomic E-state index is 12.7. The average Bonchev–Trinajstić information content (AvgIpc) is 3.84. The van der Waals surface area contributed by atoms with E-state index in [4.69, 9.17) is 62.6 Å². The van der Waals surface area contributed by atoms with Crippen LogP contribution < -0.4 is 11.5 Å². The molecule has 0 saturated carbocycles. The van der Waals surface area contributed by atoms with Gasteiger partial charge in [-0.15, -0.1) is 0 Å². The minimum Gasteiger partial charge on any atom is -0.387 e. The van der Waals surface area contributed by atoms with E-state index in [0.717, 1.165) is 0 Å². The summed E-state index contributed by atoms with van der Waals surface area (Å²) in [6.45, 7) is -9.70. The second-order valence-corrected chi connectivity index (χ2v) is 19.0. The summed E-state index contributed by atoms with van der Waals surface area (Å²) in [5.74, 6) is 0.167. The lowest BCUT2D eigenvalue weighted by Gasteiger charge is -2.23. The molecule has 0 aromatic carbocycles. The maximum Gasteiger partial charge on any atom is 0.325 e. The second kappa shape index (κ2) is 14.9. The number of aliphatic hydroxyl groups is 4. The molecule has 24 nitrogen and oxygen atoms in total. The number of nitrogen functional groups attached to an aromatic ring is 2. The molecule has 0 aliphatic carbocycles. The Balaban J connectivity index is 0.965. The third-order valence-corrected chi connectivity index (χ3v) is 12.2. The van der Waals surface area contributed by atoms with E-state index in [1.54, 1.807) is 0 Å². The number of aliphatic hydroxyl groups excluding tert-OH is 4. The minimum absolute atomic E-state index is 0.0833. The van der Waals surface area contributed by atoms with Crippen molar-refractivity contribution < 1.29 is 67.2 Å². The Hall–Kier alpha value is -2.29. The molecule has 2 unspecified atom stereocenters. The SMILES string of the molecule is Nc1ncnc2c1ncn2[C@@H]1O[C@H](COP(O)(=S)OCP(=O)(O)COP(O)(=S)OC[C@H]2O[C@@H](n3cnc4c(N)ncnc43)[C@H](O)[C@@H]2O)[C@@H](O)[C@H]1O. The van der Waals surface area contributed by atoms with Gasteiger partial charge in [0.1, 0.15) is 73.0 Å². The van der Waals surface area contributed by atoms with Gasteiger partial charge in [-0.25, -0.2) is 29.9 Å². The number of nitrogens with zero attached hydrogens (tertiary/aromatic N) is 8. The van der Waals surface area contributed by atoms with E-state index in [0.29, 0.717) is 0 Å². The lowest BCUT2D eigenvalue weighted by molar-refractivity contribution is -0.0492. The molecule has 4 aromatic rings. The second-order valence-electron chi connectivity index (χ2n) is 11.1. The van der Waals surface area contributed by atoms with Gasteiger partial charge >= 0.3 is 13.4 Å². The molecule has 4 aromatic heterocycles. The largest absolute Gasteiger partial charge is 0.387 e. The van der Waals surface area contributed by atoms with Gasteiger partial charge in [0.05, 0.1) is 25.9 Å². The van der Waals surface area contributed by atoms with Crippen molar-refractivity contribution in [2.75, 3.05) is 37.4 Å². The van der Waals surface area contributed by atoms with Crippen LogP contribution in [0, 0.1) is 0 Å². The third kappa shape index (κ3) is 8.28. The van der Waals surface area contributed by atoms with E-state index in [9.17, 15) is 39.7 Å². The van der Waals surface area contributed by atoms with Crippen LogP contribution in [0.25, 0.3) is 22.3 Å². The van der Waals surface area contributed by atoms with E-state index in [-0.39, 0.29) is 34.0 Å². The quantitative estimate of drug-likeness (QED) is 0.0607. The topological polar surface area (TPSA) is 353 Å². The van der Waals surface area contributed by atoms with E-state index < -0.39 is 95.8 Å².